The maximum atomic E-state index is 10.9. The number of aromatic amines is 1. The standard InChI is InChI=1S/C24H18N2O/c27-22-13-12-16-7-1-2-8-17(16)24(22)23(21-11-5-6-14-25-21)19-15-26-20-10-4-3-9-18(19)20/h1-15,23,26-27H. The van der Waals surface area contributed by atoms with E-state index in [1.807, 2.05) is 54.7 Å². The number of fused-ring (bicyclic) bond motifs is 2. The van der Waals surface area contributed by atoms with E-state index < -0.39 is 0 Å². The van der Waals surface area contributed by atoms with Crippen molar-refractivity contribution in [3.05, 3.63) is 108 Å². The molecule has 27 heavy (non-hydrogen) atoms. The smallest absolute Gasteiger partial charge is 0.120 e. The van der Waals surface area contributed by atoms with Crippen LogP contribution >= 0.6 is 0 Å². The van der Waals surface area contributed by atoms with E-state index in [1.54, 1.807) is 12.3 Å². The number of nitrogens with one attached hydrogen (secondary N) is 1. The molecular formula is C24H18N2O. The predicted molar refractivity (Wildman–Crippen MR) is 109 cm³/mol. The number of pyridine rings is 1. The van der Waals surface area contributed by atoms with E-state index in [0.29, 0.717) is 0 Å². The molecule has 0 aliphatic carbocycles. The molecule has 2 heterocycles. The highest BCUT2D eigenvalue weighted by Crippen LogP contribution is 2.42. The lowest BCUT2D eigenvalue weighted by atomic mass is 9.84. The summed E-state index contributed by atoms with van der Waals surface area (Å²) in [5, 5.41) is 14.2. The third-order valence-corrected chi connectivity index (χ3v) is 5.15. The van der Waals surface area contributed by atoms with Crippen molar-refractivity contribution in [2.45, 2.75) is 5.92 Å². The van der Waals surface area contributed by atoms with Crippen molar-refractivity contribution in [3.8, 4) is 5.75 Å². The Balaban J connectivity index is 1.87. The molecule has 2 N–H and O–H groups in total. The van der Waals surface area contributed by atoms with Crippen molar-refractivity contribution in [2.75, 3.05) is 0 Å². The van der Waals surface area contributed by atoms with Crippen molar-refractivity contribution in [1.82, 2.24) is 9.97 Å². The van der Waals surface area contributed by atoms with E-state index in [0.717, 1.165) is 38.5 Å². The summed E-state index contributed by atoms with van der Waals surface area (Å²) in [6.45, 7) is 0. The Hall–Kier alpha value is -3.59. The first kappa shape index (κ1) is 15.6. The average molecular weight is 350 g/mol. The Morgan fingerprint density at radius 1 is 0.778 bits per heavy atom. The number of phenols is 1. The molecule has 130 valence electrons. The topological polar surface area (TPSA) is 48.9 Å². The second kappa shape index (κ2) is 6.29. The van der Waals surface area contributed by atoms with Gasteiger partial charge in [-0.05, 0) is 40.6 Å². The molecule has 0 saturated heterocycles. The lowest BCUT2D eigenvalue weighted by molar-refractivity contribution is 0.468. The zero-order valence-electron chi connectivity index (χ0n) is 14.6. The number of rotatable bonds is 3. The van der Waals surface area contributed by atoms with Gasteiger partial charge < -0.3 is 10.1 Å². The minimum atomic E-state index is -0.173. The highest BCUT2D eigenvalue weighted by Gasteiger charge is 2.25. The largest absolute Gasteiger partial charge is 0.508 e. The van der Waals surface area contributed by atoms with Gasteiger partial charge in [0.15, 0.2) is 0 Å². The molecular weight excluding hydrogens is 332 g/mol. The van der Waals surface area contributed by atoms with Crippen LogP contribution in [0.5, 0.6) is 5.75 Å². The van der Waals surface area contributed by atoms with Crippen LogP contribution in [-0.4, -0.2) is 15.1 Å². The lowest BCUT2D eigenvalue weighted by Crippen LogP contribution is -2.06. The number of hydrogen-bond acceptors (Lipinski definition) is 2. The minimum absolute atomic E-state index is 0.173. The molecule has 0 aliphatic rings. The molecule has 2 aromatic heterocycles. The summed E-state index contributed by atoms with van der Waals surface area (Å²) in [6, 6.07) is 26.1. The molecule has 1 atom stereocenters. The van der Waals surface area contributed by atoms with Gasteiger partial charge in [0, 0.05) is 28.9 Å². The highest BCUT2D eigenvalue weighted by atomic mass is 16.3. The molecule has 0 bridgehead atoms. The Labute approximate surface area is 156 Å². The summed E-state index contributed by atoms with van der Waals surface area (Å²) >= 11 is 0. The third kappa shape index (κ3) is 2.56. The van der Waals surface area contributed by atoms with Gasteiger partial charge in [0.2, 0.25) is 0 Å². The maximum absolute atomic E-state index is 10.9. The molecule has 0 aliphatic heterocycles. The number of aromatic hydroxyl groups is 1. The number of phenolic OH excluding ortho intramolecular Hbond substituents is 1. The normalized spacial score (nSPS) is 12.4. The van der Waals surface area contributed by atoms with E-state index in [9.17, 15) is 5.11 Å². The van der Waals surface area contributed by atoms with E-state index in [4.69, 9.17) is 0 Å². The van der Waals surface area contributed by atoms with E-state index in [2.05, 4.69) is 34.2 Å². The van der Waals surface area contributed by atoms with Crippen LogP contribution < -0.4 is 0 Å². The quantitative estimate of drug-likeness (QED) is 0.445. The molecule has 0 radical (unpaired) electrons. The van der Waals surface area contributed by atoms with Crippen LogP contribution in [0.2, 0.25) is 0 Å². The summed E-state index contributed by atoms with van der Waals surface area (Å²) in [4.78, 5) is 8.01. The zero-order chi connectivity index (χ0) is 18.2. The molecule has 5 aromatic rings. The highest BCUT2D eigenvalue weighted by molar-refractivity contribution is 5.91. The summed E-state index contributed by atoms with van der Waals surface area (Å²) in [5.41, 5.74) is 3.98. The molecule has 3 aromatic carbocycles. The SMILES string of the molecule is Oc1ccc2ccccc2c1C(c1ccccn1)c1c[nH]c2ccccc12. The van der Waals surface area contributed by atoms with Gasteiger partial charge in [-0.1, -0.05) is 54.6 Å². The van der Waals surface area contributed by atoms with Crippen molar-refractivity contribution in [3.63, 3.8) is 0 Å². The summed E-state index contributed by atoms with van der Waals surface area (Å²) in [6.07, 6.45) is 3.84. The van der Waals surface area contributed by atoms with Gasteiger partial charge in [0.05, 0.1) is 11.6 Å². The van der Waals surface area contributed by atoms with Gasteiger partial charge in [0.1, 0.15) is 5.75 Å². The molecule has 3 nitrogen and oxygen atoms in total. The first-order chi connectivity index (χ1) is 13.3. The van der Waals surface area contributed by atoms with Crippen LogP contribution in [0, 0.1) is 0 Å². The first-order valence-corrected chi connectivity index (χ1v) is 9.00. The monoisotopic (exact) mass is 350 g/mol. The lowest BCUT2D eigenvalue weighted by Gasteiger charge is -2.20. The van der Waals surface area contributed by atoms with E-state index in [1.165, 1.54) is 0 Å². The Morgan fingerprint density at radius 2 is 1.56 bits per heavy atom. The van der Waals surface area contributed by atoms with Crippen molar-refractivity contribution >= 4 is 21.7 Å². The molecule has 0 saturated carbocycles. The van der Waals surface area contributed by atoms with Crippen LogP contribution in [0.25, 0.3) is 21.7 Å². The molecule has 3 heteroatoms. The van der Waals surface area contributed by atoms with Gasteiger partial charge in [0.25, 0.3) is 0 Å². The summed E-state index contributed by atoms with van der Waals surface area (Å²) < 4.78 is 0. The fourth-order valence-electron chi connectivity index (χ4n) is 3.93. The van der Waals surface area contributed by atoms with Crippen molar-refractivity contribution < 1.29 is 5.11 Å². The number of H-pyrrole nitrogens is 1. The van der Waals surface area contributed by atoms with Crippen molar-refractivity contribution in [2.24, 2.45) is 0 Å². The van der Waals surface area contributed by atoms with Crippen LogP contribution in [0.15, 0.2) is 91.3 Å². The van der Waals surface area contributed by atoms with Crippen molar-refractivity contribution in [1.29, 1.82) is 0 Å². The van der Waals surface area contributed by atoms with Gasteiger partial charge in [-0.25, -0.2) is 0 Å². The number of aromatic nitrogens is 2. The average Bonchev–Trinajstić information content (AvgIpc) is 3.15. The van der Waals surface area contributed by atoms with E-state index in [-0.39, 0.29) is 11.7 Å². The first-order valence-electron chi connectivity index (χ1n) is 9.00. The number of nitrogens with zero attached hydrogens (tertiary/aromatic N) is 1. The van der Waals surface area contributed by atoms with Gasteiger partial charge in [-0.15, -0.1) is 0 Å². The fraction of sp³-hybridized carbons (Fsp3) is 0.0417. The third-order valence-electron chi connectivity index (χ3n) is 5.15. The second-order valence-electron chi connectivity index (χ2n) is 6.70. The maximum Gasteiger partial charge on any atom is 0.120 e. The minimum Gasteiger partial charge on any atom is -0.508 e. The Kier molecular flexibility index (Phi) is 3.65. The van der Waals surface area contributed by atoms with Crippen LogP contribution in [0.4, 0.5) is 0 Å². The number of hydrogen-bond donors (Lipinski definition) is 2. The fourth-order valence-corrected chi connectivity index (χ4v) is 3.93. The second-order valence-corrected chi connectivity index (χ2v) is 6.70. The molecule has 1 unspecified atom stereocenters. The summed E-state index contributed by atoms with van der Waals surface area (Å²) in [7, 11) is 0. The molecule has 0 fully saturated rings. The van der Waals surface area contributed by atoms with Crippen LogP contribution in [-0.2, 0) is 0 Å². The molecule has 5 rings (SSSR count). The summed E-state index contributed by atoms with van der Waals surface area (Å²) in [5.74, 6) is 0.114. The molecule has 0 spiro atoms. The van der Waals surface area contributed by atoms with Crippen LogP contribution in [0.1, 0.15) is 22.7 Å². The van der Waals surface area contributed by atoms with Gasteiger partial charge >= 0.3 is 0 Å². The number of para-hydroxylation sites is 1. The van der Waals surface area contributed by atoms with Gasteiger partial charge in [-0.3, -0.25) is 4.98 Å². The Morgan fingerprint density at radius 3 is 2.41 bits per heavy atom. The van der Waals surface area contributed by atoms with E-state index >= 15 is 0 Å². The molecule has 0 amide bonds. The van der Waals surface area contributed by atoms with Gasteiger partial charge in [-0.2, -0.15) is 0 Å². The van der Waals surface area contributed by atoms with Crippen LogP contribution in [0.3, 0.4) is 0 Å². The number of benzene rings is 3. The zero-order valence-corrected chi connectivity index (χ0v) is 14.6. The predicted octanol–water partition coefficient (Wildman–Crippen LogP) is 5.60. The Bertz CT molecular complexity index is 1240.